The van der Waals surface area contributed by atoms with E-state index in [1.54, 1.807) is 52.6 Å². The number of rotatable bonds is 12. The number of aliphatic imine (C=N–C) groups is 3. The molecular formula is C37H38N8O6S. The third-order valence-corrected chi connectivity index (χ3v) is 9.28. The molecule has 3 aromatic rings. The van der Waals surface area contributed by atoms with Crippen LogP contribution in [0.25, 0.3) is 16.5 Å². The molecule has 0 saturated heterocycles. The van der Waals surface area contributed by atoms with E-state index in [9.17, 15) is 10.5 Å². The maximum absolute atomic E-state index is 11.0. The fraction of sp³-hybridized carbons (Fsp3) is 0.162. The van der Waals surface area contributed by atoms with Crippen LogP contribution < -0.4 is 10.5 Å². The highest BCUT2D eigenvalue weighted by molar-refractivity contribution is 8.01. The maximum Gasteiger partial charge on any atom is 0.247 e. The Kier molecular flexibility index (Phi) is 11.1. The molecule has 4 heterocycles. The smallest absolute Gasteiger partial charge is 0.247 e. The molecule has 52 heavy (non-hydrogen) atoms. The fourth-order valence-corrected chi connectivity index (χ4v) is 6.95. The van der Waals surface area contributed by atoms with Gasteiger partial charge in [-0.3, -0.25) is 14.8 Å². The first-order chi connectivity index (χ1) is 25.5. The SMILES string of the molecule is C=CC1=C(/C=C\OC)/C(=N/C)N([C@H](OO)N2/C(=N\c3[nH]cc4ccccc34)C(/C=C\OC)=C(C=C)C2/N=C2\NSC=C(OO)c3ccccc32)C1N. The quantitative estimate of drug-likeness (QED) is 0.0641. The van der Waals surface area contributed by atoms with Crippen LogP contribution in [-0.2, 0) is 19.2 Å². The lowest BCUT2D eigenvalue weighted by Crippen LogP contribution is -2.59. The van der Waals surface area contributed by atoms with E-state index < -0.39 is 18.7 Å². The predicted molar refractivity (Wildman–Crippen MR) is 204 cm³/mol. The highest BCUT2D eigenvalue weighted by Crippen LogP contribution is 2.39. The number of amidine groups is 3. The van der Waals surface area contributed by atoms with Gasteiger partial charge in [-0.1, -0.05) is 73.8 Å². The number of aromatic nitrogens is 1. The number of H-pyrrole nitrogens is 1. The normalized spacial score (nSPS) is 22.1. The number of nitrogens with zero attached hydrogens (tertiary/aromatic N) is 5. The molecule has 0 radical (unpaired) electrons. The summed E-state index contributed by atoms with van der Waals surface area (Å²) in [7, 11) is 4.67. The third-order valence-electron chi connectivity index (χ3n) is 8.63. The Hall–Kier alpha value is -5.84. The van der Waals surface area contributed by atoms with E-state index in [0.29, 0.717) is 56.7 Å². The Morgan fingerprint density at radius 2 is 1.60 bits per heavy atom. The molecule has 3 atom stereocenters. The molecule has 268 valence electrons. The Labute approximate surface area is 304 Å². The van der Waals surface area contributed by atoms with Crippen LogP contribution in [0.3, 0.4) is 0 Å². The van der Waals surface area contributed by atoms with Crippen molar-refractivity contribution in [2.75, 3.05) is 21.3 Å². The number of nitrogens with one attached hydrogen (secondary N) is 2. The predicted octanol–water partition coefficient (Wildman–Crippen LogP) is 6.01. The zero-order valence-electron chi connectivity index (χ0n) is 28.6. The van der Waals surface area contributed by atoms with Crippen molar-refractivity contribution in [1.82, 2.24) is 19.5 Å². The topological polar surface area (TPSA) is 175 Å². The first-order valence-electron chi connectivity index (χ1n) is 15.9. The van der Waals surface area contributed by atoms with Gasteiger partial charge in [-0.2, -0.15) is 4.89 Å². The number of hydrogen-bond donors (Lipinski definition) is 5. The van der Waals surface area contributed by atoms with Crippen LogP contribution in [0.15, 0.2) is 147 Å². The van der Waals surface area contributed by atoms with Crippen molar-refractivity contribution in [2.24, 2.45) is 20.7 Å². The number of methoxy groups -OCH3 is 2. The molecule has 6 rings (SSSR count). The number of aromatic amines is 1. The summed E-state index contributed by atoms with van der Waals surface area (Å²) in [4.78, 5) is 31.7. The molecule has 0 saturated carbocycles. The summed E-state index contributed by atoms with van der Waals surface area (Å²) in [6.45, 7) is 8.15. The van der Waals surface area contributed by atoms with Crippen molar-refractivity contribution in [2.45, 2.75) is 18.7 Å². The fourth-order valence-electron chi connectivity index (χ4n) is 6.34. The lowest BCUT2D eigenvalue weighted by Gasteiger charge is -2.40. The summed E-state index contributed by atoms with van der Waals surface area (Å²) in [6.07, 6.45) is 8.37. The van der Waals surface area contributed by atoms with Gasteiger partial charge >= 0.3 is 0 Å². The Morgan fingerprint density at radius 3 is 2.25 bits per heavy atom. The molecule has 0 fully saturated rings. The van der Waals surface area contributed by atoms with Gasteiger partial charge in [0.15, 0.2) is 11.9 Å². The van der Waals surface area contributed by atoms with Crippen LogP contribution in [0.1, 0.15) is 11.1 Å². The molecule has 3 aliphatic heterocycles. The van der Waals surface area contributed by atoms with Crippen LogP contribution in [0.4, 0.5) is 5.82 Å². The third kappa shape index (κ3) is 6.42. The van der Waals surface area contributed by atoms with Crippen molar-refractivity contribution < 1.29 is 29.8 Å². The number of benzene rings is 2. The van der Waals surface area contributed by atoms with E-state index in [1.807, 2.05) is 48.7 Å². The summed E-state index contributed by atoms with van der Waals surface area (Å²) in [6, 6.07) is 15.1. The Bertz CT molecular complexity index is 2110. The largest absolute Gasteiger partial charge is 0.504 e. The zero-order chi connectivity index (χ0) is 36.8. The Balaban J connectivity index is 1.62. The van der Waals surface area contributed by atoms with Gasteiger partial charge in [-0.25, -0.2) is 20.5 Å². The van der Waals surface area contributed by atoms with Gasteiger partial charge in [0.05, 0.1) is 26.7 Å². The van der Waals surface area contributed by atoms with Crippen molar-refractivity contribution in [3.8, 4) is 0 Å². The zero-order valence-corrected chi connectivity index (χ0v) is 29.4. The van der Waals surface area contributed by atoms with Crippen LogP contribution >= 0.6 is 11.9 Å². The number of hydrogen-bond acceptors (Lipinski definition) is 11. The standard InChI is InChI=1S/C37H38N8O6S/c1-6-23-28(16-18-48-4)34(39-3)44(31(23)38)37(51-47)45-35(42-33-27-15-11-10-14-26(27)30(50-46)21-52-43-33)24(7-2)29(17-19-49-5)36(45)41-32-25-13-9-8-12-22(25)20-40-32/h6-21,31,35,37,40,46-47H,1-2,38H2,3-5H3,(H,42,43)/b18-16-,19-17-,39-34-,41-36-/t31?,35?,37-/m0/s1. The minimum atomic E-state index is -1.39. The second kappa shape index (κ2) is 16.0. The van der Waals surface area contributed by atoms with E-state index in [0.717, 1.165) is 22.7 Å². The molecule has 0 bridgehead atoms. The average Bonchev–Trinajstić information content (AvgIpc) is 3.75. The first kappa shape index (κ1) is 36.0. The monoisotopic (exact) mass is 722 g/mol. The van der Waals surface area contributed by atoms with Gasteiger partial charge in [-0.05, 0) is 29.7 Å². The highest BCUT2D eigenvalue weighted by Gasteiger charge is 2.48. The van der Waals surface area contributed by atoms with E-state index in [-0.39, 0.29) is 5.76 Å². The van der Waals surface area contributed by atoms with Crippen LogP contribution in [0.5, 0.6) is 0 Å². The molecule has 3 aliphatic rings. The number of ether oxygens (including phenoxy) is 2. The molecular weight excluding hydrogens is 685 g/mol. The van der Waals surface area contributed by atoms with Gasteiger partial charge in [0, 0.05) is 57.3 Å². The lowest BCUT2D eigenvalue weighted by molar-refractivity contribution is -0.336. The van der Waals surface area contributed by atoms with Gasteiger partial charge in [0.2, 0.25) is 6.35 Å². The highest BCUT2D eigenvalue weighted by atomic mass is 32.2. The van der Waals surface area contributed by atoms with Crippen molar-refractivity contribution in [3.05, 3.63) is 144 Å². The average molecular weight is 723 g/mol. The van der Waals surface area contributed by atoms with Crippen molar-refractivity contribution >= 4 is 51.8 Å². The van der Waals surface area contributed by atoms with Gasteiger partial charge < -0.3 is 29.8 Å². The van der Waals surface area contributed by atoms with Crippen LogP contribution in [-0.4, -0.2) is 82.8 Å². The van der Waals surface area contributed by atoms with Crippen molar-refractivity contribution in [1.29, 1.82) is 0 Å². The summed E-state index contributed by atoms with van der Waals surface area (Å²) in [5.74, 6) is 1.90. The number of fused-ring (bicyclic) bond motifs is 2. The van der Waals surface area contributed by atoms with Crippen LogP contribution in [0.2, 0.25) is 0 Å². The molecule has 1 aromatic heterocycles. The summed E-state index contributed by atoms with van der Waals surface area (Å²) in [5, 5.41) is 24.1. The summed E-state index contributed by atoms with van der Waals surface area (Å²) in [5.41, 5.74) is 10.5. The summed E-state index contributed by atoms with van der Waals surface area (Å²) >= 11 is 1.16. The first-order valence-corrected chi connectivity index (χ1v) is 16.8. The molecule has 2 unspecified atom stereocenters. The maximum atomic E-state index is 11.0. The molecule has 0 spiro atoms. The molecule has 6 N–H and O–H groups in total. The lowest BCUT2D eigenvalue weighted by atomic mass is 10.1. The van der Waals surface area contributed by atoms with Gasteiger partial charge in [0.1, 0.15) is 29.5 Å². The van der Waals surface area contributed by atoms with E-state index in [2.05, 4.69) is 27.9 Å². The van der Waals surface area contributed by atoms with E-state index >= 15 is 0 Å². The van der Waals surface area contributed by atoms with Crippen LogP contribution in [0, 0.1) is 0 Å². The molecule has 0 aliphatic carbocycles. The molecule has 2 aromatic carbocycles. The minimum absolute atomic E-state index is 0.230. The van der Waals surface area contributed by atoms with Gasteiger partial charge in [0.25, 0.3) is 0 Å². The second-order valence-electron chi connectivity index (χ2n) is 11.3. The summed E-state index contributed by atoms with van der Waals surface area (Å²) < 4.78 is 13.9. The van der Waals surface area contributed by atoms with E-state index in [1.165, 1.54) is 26.7 Å². The second-order valence-corrected chi connectivity index (χ2v) is 12.0. The van der Waals surface area contributed by atoms with Gasteiger partial charge in [-0.15, -0.1) is 0 Å². The molecule has 0 amide bonds. The Morgan fingerprint density at radius 1 is 0.923 bits per heavy atom. The number of nitrogens with two attached hydrogens (primary N) is 1. The van der Waals surface area contributed by atoms with Crippen molar-refractivity contribution in [3.63, 3.8) is 0 Å². The van der Waals surface area contributed by atoms with E-state index in [4.69, 9.17) is 35.0 Å². The molecule has 14 nitrogen and oxygen atoms in total. The molecule has 15 heteroatoms. The minimum Gasteiger partial charge on any atom is -0.504 e.